The molecule has 1 rings (SSSR count). The molecular formula is C11H18BrNOS. The van der Waals surface area contributed by atoms with Gasteiger partial charge in [0.25, 0.3) is 0 Å². The van der Waals surface area contributed by atoms with E-state index in [1.54, 1.807) is 18.4 Å². The zero-order chi connectivity index (χ0) is 11.3. The van der Waals surface area contributed by atoms with Crippen molar-refractivity contribution >= 4 is 27.3 Å². The molecule has 4 heteroatoms. The topological polar surface area (TPSA) is 21.3 Å². The Hall–Kier alpha value is 0.1000. The number of thiophene rings is 1. The Balaban J connectivity index is 2.17. The summed E-state index contributed by atoms with van der Waals surface area (Å²) in [5, 5.41) is 3.42. The zero-order valence-corrected chi connectivity index (χ0v) is 11.9. The Morgan fingerprint density at radius 2 is 2.20 bits per heavy atom. The molecule has 15 heavy (non-hydrogen) atoms. The molecule has 0 aliphatic heterocycles. The Labute approximate surface area is 104 Å². The summed E-state index contributed by atoms with van der Waals surface area (Å²) < 4.78 is 6.54. The Bertz CT molecular complexity index is 299. The molecule has 1 N–H and O–H groups in total. The molecule has 1 aromatic heterocycles. The van der Waals surface area contributed by atoms with Crippen LogP contribution in [-0.2, 0) is 11.3 Å². The van der Waals surface area contributed by atoms with Gasteiger partial charge in [-0.05, 0) is 54.9 Å². The molecular weight excluding hydrogens is 274 g/mol. The third-order valence-electron chi connectivity index (χ3n) is 2.38. The van der Waals surface area contributed by atoms with E-state index in [1.165, 1.54) is 8.66 Å². The molecule has 1 aromatic rings. The van der Waals surface area contributed by atoms with Crippen LogP contribution in [0.3, 0.4) is 0 Å². The van der Waals surface area contributed by atoms with Crippen LogP contribution in [0.4, 0.5) is 0 Å². The summed E-state index contributed by atoms with van der Waals surface area (Å²) in [6.45, 7) is 6.14. The predicted molar refractivity (Wildman–Crippen MR) is 69.4 cm³/mol. The molecule has 0 aromatic carbocycles. The van der Waals surface area contributed by atoms with E-state index in [4.69, 9.17) is 4.74 Å². The van der Waals surface area contributed by atoms with Crippen molar-refractivity contribution in [2.75, 3.05) is 13.7 Å². The minimum Gasteiger partial charge on any atom is -0.379 e. The van der Waals surface area contributed by atoms with Crippen LogP contribution in [0.1, 0.15) is 25.1 Å². The highest BCUT2D eigenvalue weighted by Crippen LogP contribution is 2.21. The van der Waals surface area contributed by atoms with Gasteiger partial charge in [-0.15, -0.1) is 11.3 Å². The van der Waals surface area contributed by atoms with E-state index in [2.05, 4.69) is 47.2 Å². The summed E-state index contributed by atoms with van der Waals surface area (Å²) >= 11 is 5.23. The molecule has 1 heterocycles. The zero-order valence-electron chi connectivity index (χ0n) is 9.47. The molecule has 0 aliphatic carbocycles. The second-order valence-corrected chi connectivity index (χ2v) is 6.64. The Morgan fingerprint density at radius 1 is 1.47 bits per heavy atom. The van der Waals surface area contributed by atoms with Gasteiger partial charge in [-0.2, -0.15) is 0 Å². The average Bonchev–Trinajstić information content (AvgIpc) is 2.59. The summed E-state index contributed by atoms with van der Waals surface area (Å²) in [6, 6.07) is 4.23. The van der Waals surface area contributed by atoms with E-state index in [0.29, 0.717) is 0 Å². The van der Waals surface area contributed by atoms with Crippen LogP contribution in [0.2, 0.25) is 0 Å². The molecule has 0 amide bonds. The molecule has 0 fully saturated rings. The fourth-order valence-electron chi connectivity index (χ4n) is 1.15. The van der Waals surface area contributed by atoms with E-state index in [0.717, 1.165) is 19.5 Å². The van der Waals surface area contributed by atoms with E-state index in [9.17, 15) is 0 Å². The maximum Gasteiger partial charge on any atom is 0.0701 e. The van der Waals surface area contributed by atoms with E-state index in [-0.39, 0.29) is 5.60 Å². The van der Waals surface area contributed by atoms with Gasteiger partial charge in [-0.25, -0.2) is 0 Å². The molecule has 0 aliphatic rings. The summed E-state index contributed by atoms with van der Waals surface area (Å²) in [6.07, 6.45) is 1.02. The first kappa shape index (κ1) is 13.2. The van der Waals surface area contributed by atoms with Crippen LogP contribution in [0, 0.1) is 0 Å². The number of rotatable bonds is 6. The largest absolute Gasteiger partial charge is 0.379 e. The first-order chi connectivity index (χ1) is 7.03. The molecule has 0 spiro atoms. The van der Waals surface area contributed by atoms with Crippen LogP contribution in [-0.4, -0.2) is 19.3 Å². The monoisotopic (exact) mass is 291 g/mol. The van der Waals surface area contributed by atoms with Crippen molar-refractivity contribution in [2.45, 2.75) is 32.4 Å². The fraction of sp³-hybridized carbons (Fsp3) is 0.636. The smallest absolute Gasteiger partial charge is 0.0701 e. The summed E-state index contributed by atoms with van der Waals surface area (Å²) in [5.41, 5.74) is -0.0248. The third-order valence-corrected chi connectivity index (χ3v) is 4.01. The number of hydrogen-bond acceptors (Lipinski definition) is 3. The highest BCUT2D eigenvalue weighted by atomic mass is 79.9. The number of ether oxygens (including phenoxy) is 1. The highest BCUT2D eigenvalue weighted by molar-refractivity contribution is 9.11. The van der Waals surface area contributed by atoms with Gasteiger partial charge in [0.05, 0.1) is 9.39 Å². The van der Waals surface area contributed by atoms with Crippen LogP contribution in [0.25, 0.3) is 0 Å². The predicted octanol–water partition coefficient (Wildman–Crippen LogP) is 3.42. The van der Waals surface area contributed by atoms with Gasteiger partial charge in [0, 0.05) is 18.5 Å². The van der Waals surface area contributed by atoms with Crippen molar-refractivity contribution < 1.29 is 4.74 Å². The molecule has 2 nitrogen and oxygen atoms in total. The van der Waals surface area contributed by atoms with Crippen molar-refractivity contribution in [2.24, 2.45) is 0 Å². The fourth-order valence-corrected chi connectivity index (χ4v) is 2.60. The van der Waals surface area contributed by atoms with E-state index >= 15 is 0 Å². The van der Waals surface area contributed by atoms with Crippen LogP contribution in [0.5, 0.6) is 0 Å². The average molecular weight is 292 g/mol. The van der Waals surface area contributed by atoms with Crippen molar-refractivity contribution in [3.63, 3.8) is 0 Å². The maximum atomic E-state index is 5.35. The first-order valence-electron chi connectivity index (χ1n) is 5.03. The highest BCUT2D eigenvalue weighted by Gasteiger charge is 2.14. The molecule has 0 bridgehead atoms. The van der Waals surface area contributed by atoms with Gasteiger partial charge in [-0.3, -0.25) is 0 Å². The lowest BCUT2D eigenvalue weighted by Crippen LogP contribution is -2.28. The molecule has 0 unspecified atom stereocenters. The second kappa shape index (κ2) is 5.99. The molecule has 0 atom stereocenters. The number of methoxy groups -OCH3 is 1. The Morgan fingerprint density at radius 3 is 2.73 bits per heavy atom. The SMILES string of the molecule is COC(C)(C)CCNCc1ccc(Br)s1. The number of hydrogen-bond donors (Lipinski definition) is 1. The first-order valence-corrected chi connectivity index (χ1v) is 6.64. The molecule has 0 saturated heterocycles. The van der Waals surface area contributed by atoms with Gasteiger partial charge in [0.2, 0.25) is 0 Å². The maximum absolute atomic E-state index is 5.35. The van der Waals surface area contributed by atoms with Crippen LogP contribution >= 0.6 is 27.3 Å². The van der Waals surface area contributed by atoms with Crippen molar-refractivity contribution in [3.8, 4) is 0 Å². The summed E-state index contributed by atoms with van der Waals surface area (Å²) in [4.78, 5) is 1.36. The van der Waals surface area contributed by atoms with Gasteiger partial charge in [-0.1, -0.05) is 0 Å². The van der Waals surface area contributed by atoms with Gasteiger partial charge in [0.1, 0.15) is 0 Å². The van der Waals surface area contributed by atoms with Crippen molar-refractivity contribution in [3.05, 3.63) is 20.8 Å². The molecule has 86 valence electrons. The minimum atomic E-state index is -0.0248. The minimum absolute atomic E-state index is 0.0248. The lowest BCUT2D eigenvalue weighted by Gasteiger charge is -2.22. The second-order valence-electron chi connectivity index (χ2n) is 4.10. The normalized spacial score (nSPS) is 12.0. The lowest BCUT2D eigenvalue weighted by atomic mass is 10.1. The standard InChI is InChI=1S/C11H18BrNOS/c1-11(2,14-3)6-7-13-8-9-4-5-10(12)15-9/h4-5,13H,6-8H2,1-3H3. The summed E-state index contributed by atoms with van der Waals surface area (Å²) in [7, 11) is 1.76. The van der Waals surface area contributed by atoms with E-state index < -0.39 is 0 Å². The number of nitrogens with one attached hydrogen (secondary N) is 1. The summed E-state index contributed by atoms with van der Waals surface area (Å²) in [5.74, 6) is 0. The van der Waals surface area contributed by atoms with Crippen LogP contribution < -0.4 is 5.32 Å². The van der Waals surface area contributed by atoms with E-state index in [1.807, 2.05) is 0 Å². The van der Waals surface area contributed by atoms with Crippen LogP contribution in [0.15, 0.2) is 15.9 Å². The van der Waals surface area contributed by atoms with Crippen molar-refractivity contribution in [1.82, 2.24) is 5.32 Å². The van der Waals surface area contributed by atoms with Gasteiger partial charge >= 0.3 is 0 Å². The quantitative estimate of drug-likeness (QED) is 0.811. The van der Waals surface area contributed by atoms with Crippen molar-refractivity contribution in [1.29, 1.82) is 0 Å². The van der Waals surface area contributed by atoms with Gasteiger partial charge < -0.3 is 10.1 Å². The Kier molecular flexibility index (Phi) is 5.26. The van der Waals surface area contributed by atoms with Gasteiger partial charge in [0.15, 0.2) is 0 Å². The lowest BCUT2D eigenvalue weighted by molar-refractivity contribution is 0.0158. The molecule has 0 radical (unpaired) electrons. The number of halogens is 1. The molecule has 0 saturated carbocycles. The third kappa shape index (κ3) is 5.11.